The Morgan fingerprint density at radius 1 is 0.792 bits per heavy atom. The van der Waals surface area contributed by atoms with Crippen LogP contribution in [0.5, 0.6) is 23.0 Å². The number of nitrogens with zero attached hydrogens (tertiary/aromatic N) is 2. The Labute approximate surface area is 290 Å². The summed E-state index contributed by atoms with van der Waals surface area (Å²) in [7, 11) is 1.62. The van der Waals surface area contributed by atoms with Crippen LogP contribution in [0.3, 0.4) is 0 Å². The van der Waals surface area contributed by atoms with Crippen LogP contribution in [0.25, 0.3) is 6.08 Å². The van der Waals surface area contributed by atoms with Crippen molar-refractivity contribution in [3.63, 3.8) is 0 Å². The maximum atomic E-state index is 13.2. The van der Waals surface area contributed by atoms with Crippen molar-refractivity contribution in [3.05, 3.63) is 53.6 Å². The number of methoxy groups -OCH3 is 1. The normalized spacial score (nSPS) is 14.4. The van der Waals surface area contributed by atoms with E-state index in [1.165, 1.54) is 64.2 Å². The number of hydrogen-bond donors (Lipinski definition) is 2. The molecule has 48 heavy (non-hydrogen) atoms. The Bertz CT molecular complexity index is 1170. The molecular weight excluding hydrogens is 604 g/mol. The van der Waals surface area contributed by atoms with E-state index in [4.69, 9.17) is 14.2 Å². The highest BCUT2D eigenvalue weighted by Crippen LogP contribution is 2.38. The van der Waals surface area contributed by atoms with Gasteiger partial charge in [-0.3, -0.25) is 9.69 Å². The topological polar surface area (TPSA) is 91.7 Å². The molecule has 0 aliphatic carbocycles. The molecule has 1 heterocycles. The molecule has 1 aliphatic heterocycles. The lowest BCUT2D eigenvalue weighted by Crippen LogP contribution is -2.49. The molecule has 0 radical (unpaired) electrons. The van der Waals surface area contributed by atoms with E-state index >= 15 is 0 Å². The number of β-amino-alcohol motifs (C(OH)–C–C–N with tert-alkyl or cyclic N) is 1. The summed E-state index contributed by atoms with van der Waals surface area (Å²) in [5.74, 6) is 1.48. The standard InChI is InChI=1S/C40H62N2O6/c1-4-6-8-10-12-14-16-27-47-37-29-33(30-38(40(37)45)48-28-17-15-13-11-9-7-5-2)21-22-39(44)42-25-23-41(24-26-42)32-36(43)34-19-18-20-35(31-34)46-3/h18-22,29-31,36,43,45H,4-17,23-28,32H2,1-3H3. The van der Waals surface area contributed by atoms with Crippen molar-refractivity contribution in [3.8, 4) is 23.0 Å². The Hall–Kier alpha value is -3.23. The fraction of sp³-hybridized carbons (Fsp3) is 0.625. The predicted octanol–water partition coefficient (Wildman–Crippen LogP) is 8.55. The molecular formula is C40H62N2O6. The first-order chi connectivity index (χ1) is 23.4. The van der Waals surface area contributed by atoms with Crippen molar-refractivity contribution in [1.82, 2.24) is 9.80 Å². The van der Waals surface area contributed by atoms with Crippen molar-refractivity contribution in [2.45, 2.75) is 110 Å². The highest BCUT2D eigenvalue weighted by atomic mass is 16.5. The molecule has 1 amide bonds. The zero-order valence-electron chi connectivity index (χ0n) is 30.0. The third kappa shape index (κ3) is 14.5. The van der Waals surface area contributed by atoms with E-state index in [-0.39, 0.29) is 11.7 Å². The first kappa shape index (κ1) is 39.2. The van der Waals surface area contributed by atoms with Gasteiger partial charge in [0.25, 0.3) is 0 Å². The number of phenolic OH excluding ortho intramolecular Hbond substituents is 1. The van der Waals surface area contributed by atoms with E-state index in [0.29, 0.717) is 57.4 Å². The number of carbonyl (C=O) groups is 1. The van der Waals surface area contributed by atoms with Gasteiger partial charge in [0.15, 0.2) is 11.5 Å². The van der Waals surface area contributed by atoms with Crippen molar-refractivity contribution in [2.75, 3.05) is 53.0 Å². The number of rotatable bonds is 24. The summed E-state index contributed by atoms with van der Waals surface area (Å²) in [5.41, 5.74) is 1.58. The van der Waals surface area contributed by atoms with Gasteiger partial charge in [-0.15, -0.1) is 0 Å². The molecule has 1 atom stereocenters. The average Bonchev–Trinajstić information content (AvgIpc) is 3.11. The van der Waals surface area contributed by atoms with Gasteiger partial charge in [-0.2, -0.15) is 0 Å². The van der Waals surface area contributed by atoms with E-state index in [1.54, 1.807) is 31.4 Å². The zero-order chi connectivity index (χ0) is 34.4. The summed E-state index contributed by atoms with van der Waals surface area (Å²) in [4.78, 5) is 17.2. The minimum Gasteiger partial charge on any atom is -0.502 e. The Morgan fingerprint density at radius 3 is 1.88 bits per heavy atom. The van der Waals surface area contributed by atoms with E-state index in [2.05, 4.69) is 18.7 Å². The number of aromatic hydroxyl groups is 1. The van der Waals surface area contributed by atoms with Gasteiger partial charge >= 0.3 is 0 Å². The monoisotopic (exact) mass is 666 g/mol. The van der Waals surface area contributed by atoms with Crippen LogP contribution in [-0.4, -0.2) is 79.0 Å². The molecule has 2 N–H and O–H groups in total. The Balaban J connectivity index is 1.54. The van der Waals surface area contributed by atoms with Crippen LogP contribution < -0.4 is 14.2 Å². The molecule has 2 aromatic rings. The van der Waals surface area contributed by atoms with Gasteiger partial charge in [0, 0.05) is 38.8 Å². The quantitative estimate of drug-likeness (QED) is 0.0857. The van der Waals surface area contributed by atoms with Gasteiger partial charge < -0.3 is 29.3 Å². The molecule has 1 fully saturated rings. The number of aliphatic hydroxyl groups excluding tert-OH is 1. The first-order valence-electron chi connectivity index (χ1n) is 18.6. The van der Waals surface area contributed by atoms with Crippen molar-refractivity contribution in [1.29, 1.82) is 0 Å². The molecule has 1 aliphatic rings. The van der Waals surface area contributed by atoms with E-state index in [0.717, 1.165) is 42.6 Å². The Morgan fingerprint density at radius 2 is 1.33 bits per heavy atom. The molecule has 8 heteroatoms. The average molecular weight is 667 g/mol. The second-order valence-electron chi connectivity index (χ2n) is 13.1. The molecule has 8 nitrogen and oxygen atoms in total. The highest BCUT2D eigenvalue weighted by Gasteiger charge is 2.22. The van der Waals surface area contributed by atoms with Crippen molar-refractivity contribution >= 4 is 12.0 Å². The summed E-state index contributed by atoms with van der Waals surface area (Å²) >= 11 is 0. The van der Waals surface area contributed by atoms with Gasteiger partial charge in [-0.1, -0.05) is 103 Å². The summed E-state index contributed by atoms with van der Waals surface area (Å²) in [6.07, 6.45) is 19.4. The fourth-order valence-electron chi connectivity index (χ4n) is 6.02. The number of benzene rings is 2. The van der Waals surface area contributed by atoms with Crippen LogP contribution in [0.1, 0.15) is 121 Å². The number of piperazine rings is 1. The lowest BCUT2D eigenvalue weighted by Gasteiger charge is -2.35. The van der Waals surface area contributed by atoms with Gasteiger partial charge in [0.2, 0.25) is 11.7 Å². The third-order valence-electron chi connectivity index (χ3n) is 9.09. The summed E-state index contributed by atoms with van der Waals surface area (Å²) in [6.45, 7) is 8.57. The second-order valence-corrected chi connectivity index (χ2v) is 13.1. The molecule has 1 saturated heterocycles. The van der Waals surface area contributed by atoms with E-state index in [9.17, 15) is 15.0 Å². The largest absolute Gasteiger partial charge is 0.502 e. The number of amides is 1. The van der Waals surface area contributed by atoms with Crippen molar-refractivity contribution in [2.24, 2.45) is 0 Å². The first-order valence-corrected chi connectivity index (χ1v) is 18.6. The number of unbranched alkanes of at least 4 members (excludes halogenated alkanes) is 12. The number of hydrogen-bond acceptors (Lipinski definition) is 7. The maximum Gasteiger partial charge on any atom is 0.246 e. The van der Waals surface area contributed by atoms with Crippen LogP contribution >= 0.6 is 0 Å². The van der Waals surface area contributed by atoms with Gasteiger partial charge in [-0.25, -0.2) is 0 Å². The van der Waals surface area contributed by atoms with Crippen LogP contribution in [0, 0.1) is 0 Å². The van der Waals surface area contributed by atoms with Crippen LogP contribution in [-0.2, 0) is 4.79 Å². The smallest absolute Gasteiger partial charge is 0.246 e. The van der Waals surface area contributed by atoms with Crippen LogP contribution in [0.15, 0.2) is 42.5 Å². The molecule has 0 spiro atoms. The minimum atomic E-state index is -0.624. The maximum absolute atomic E-state index is 13.2. The van der Waals surface area contributed by atoms with Crippen LogP contribution in [0.2, 0.25) is 0 Å². The lowest BCUT2D eigenvalue weighted by atomic mass is 10.1. The zero-order valence-corrected chi connectivity index (χ0v) is 30.0. The lowest BCUT2D eigenvalue weighted by molar-refractivity contribution is -0.127. The molecule has 3 rings (SSSR count). The number of ether oxygens (including phenoxy) is 3. The molecule has 0 saturated carbocycles. The number of aliphatic hydroxyl groups is 1. The van der Waals surface area contributed by atoms with E-state index < -0.39 is 6.10 Å². The Kier molecular flexibility index (Phi) is 18.9. The molecule has 1 unspecified atom stereocenters. The SMILES string of the molecule is CCCCCCCCCOc1cc(C=CC(=O)N2CCN(CC(O)c3cccc(OC)c3)CC2)cc(OCCCCCCCCC)c1O. The highest BCUT2D eigenvalue weighted by molar-refractivity contribution is 5.92. The van der Waals surface area contributed by atoms with Gasteiger partial charge in [0.1, 0.15) is 5.75 Å². The summed E-state index contributed by atoms with van der Waals surface area (Å²) < 4.78 is 17.4. The van der Waals surface area contributed by atoms with Gasteiger partial charge in [0.05, 0.1) is 26.4 Å². The minimum absolute atomic E-state index is 0.0247. The second kappa shape index (κ2) is 23.2. The van der Waals surface area contributed by atoms with Gasteiger partial charge in [-0.05, 0) is 54.3 Å². The molecule has 0 aromatic heterocycles. The number of phenols is 1. The summed E-state index contributed by atoms with van der Waals surface area (Å²) in [5, 5.41) is 21.8. The van der Waals surface area contributed by atoms with Crippen molar-refractivity contribution < 1.29 is 29.2 Å². The molecule has 2 aromatic carbocycles. The molecule has 268 valence electrons. The van der Waals surface area contributed by atoms with E-state index in [1.807, 2.05) is 29.2 Å². The molecule has 0 bridgehead atoms. The number of carbonyl (C=O) groups excluding carboxylic acids is 1. The fourth-order valence-corrected chi connectivity index (χ4v) is 6.02. The van der Waals surface area contributed by atoms with Crippen LogP contribution in [0.4, 0.5) is 0 Å². The third-order valence-corrected chi connectivity index (χ3v) is 9.09. The predicted molar refractivity (Wildman–Crippen MR) is 195 cm³/mol. The summed E-state index contributed by atoms with van der Waals surface area (Å²) in [6, 6.07) is 11.1.